The average molecular weight is 496 g/mol. The predicted octanol–water partition coefficient (Wildman–Crippen LogP) is 6.99. The monoisotopic (exact) mass is 495 g/mol. The molecule has 0 atom stereocenters. The maximum absolute atomic E-state index is 5.03. The van der Waals surface area contributed by atoms with Crippen molar-refractivity contribution in [2.24, 2.45) is 0 Å². The number of anilines is 1. The van der Waals surface area contributed by atoms with Gasteiger partial charge in [0.1, 0.15) is 0 Å². The summed E-state index contributed by atoms with van der Waals surface area (Å²) < 4.78 is 2.44. The van der Waals surface area contributed by atoms with E-state index in [-0.39, 0.29) is 0 Å². The fraction of sp³-hybridized carbons (Fsp3) is 0.621. The molecule has 0 amide bonds. The summed E-state index contributed by atoms with van der Waals surface area (Å²) in [6.45, 7) is 13.6. The van der Waals surface area contributed by atoms with E-state index in [4.69, 9.17) is 4.98 Å². The lowest BCUT2D eigenvalue weighted by Crippen LogP contribution is -2.31. The molecule has 1 saturated heterocycles. The maximum Gasteiger partial charge on any atom is 0.204 e. The number of imidazole rings is 1. The highest BCUT2D eigenvalue weighted by Gasteiger charge is 2.15. The summed E-state index contributed by atoms with van der Waals surface area (Å²) in [5, 5.41) is 5.79. The van der Waals surface area contributed by atoms with Crippen molar-refractivity contribution in [2.45, 2.75) is 84.8 Å². The van der Waals surface area contributed by atoms with Crippen LogP contribution in [0.25, 0.3) is 11.0 Å². The van der Waals surface area contributed by atoms with Crippen molar-refractivity contribution in [3.05, 3.63) is 46.2 Å². The summed E-state index contributed by atoms with van der Waals surface area (Å²) in [7, 11) is 0. The minimum atomic E-state index is 0.835. The SMILES string of the molecule is CCCCN(CCCC)Cc1ccc2nc(NCc3cccs3)n(CCCN3CCCCC3)c2c1. The van der Waals surface area contributed by atoms with Crippen molar-refractivity contribution in [1.82, 2.24) is 19.4 Å². The first-order chi connectivity index (χ1) is 17.3. The summed E-state index contributed by atoms with van der Waals surface area (Å²) in [5.41, 5.74) is 3.79. The third-order valence-electron chi connectivity index (χ3n) is 7.18. The Morgan fingerprint density at radius 2 is 1.77 bits per heavy atom. The highest BCUT2D eigenvalue weighted by molar-refractivity contribution is 7.09. The molecule has 1 fully saturated rings. The normalized spacial score (nSPS) is 14.8. The first-order valence-electron chi connectivity index (χ1n) is 14.0. The number of piperidine rings is 1. The fourth-order valence-electron chi connectivity index (χ4n) is 5.13. The van der Waals surface area contributed by atoms with Crippen LogP contribution >= 0.6 is 11.3 Å². The number of fused-ring (bicyclic) bond motifs is 1. The van der Waals surface area contributed by atoms with Gasteiger partial charge in [-0.25, -0.2) is 4.98 Å². The number of aryl methyl sites for hydroxylation is 1. The molecule has 0 unspecified atom stereocenters. The Hall–Kier alpha value is -1.89. The molecular weight excluding hydrogens is 450 g/mol. The van der Waals surface area contributed by atoms with Gasteiger partial charge >= 0.3 is 0 Å². The van der Waals surface area contributed by atoms with Crippen LogP contribution in [-0.2, 0) is 19.6 Å². The largest absolute Gasteiger partial charge is 0.351 e. The van der Waals surface area contributed by atoms with Gasteiger partial charge < -0.3 is 14.8 Å². The van der Waals surface area contributed by atoms with E-state index in [0.29, 0.717) is 0 Å². The van der Waals surface area contributed by atoms with E-state index < -0.39 is 0 Å². The van der Waals surface area contributed by atoms with E-state index in [0.717, 1.165) is 31.1 Å². The van der Waals surface area contributed by atoms with Crippen LogP contribution in [0.1, 0.15) is 75.7 Å². The number of thiophene rings is 1. The summed E-state index contributed by atoms with van der Waals surface area (Å²) in [4.78, 5) is 11.7. The number of benzene rings is 1. The van der Waals surface area contributed by atoms with Crippen LogP contribution < -0.4 is 5.32 Å². The van der Waals surface area contributed by atoms with Gasteiger partial charge in [-0.05, 0) is 94.0 Å². The van der Waals surface area contributed by atoms with Gasteiger partial charge in [0.15, 0.2) is 0 Å². The minimum absolute atomic E-state index is 0.835. The molecule has 0 saturated carbocycles. The Bertz CT molecular complexity index is 982. The molecule has 3 aromatic rings. The molecule has 35 heavy (non-hydrogen) atoms. The molecule has 0 spiro atoms. The maximum atomic E-state index is 5.03. The minimum Gasteiger partial charge on any atom is -0.351 e. The zero-order chi connectivity index (χ0) is 24.3. The van der Waals surface area contributed by atoms with Gasteiger partial charge in [-0.2, -0.15) is 0 Å². The van der Waals surface area contributed by atoms with Crippen molar-refractivity contribution in [3.8, 4) is 0 Å². The summed E-state index contributed by atoms with van der Waals surface area (Å²) in [6, 6.07) is 11.3. The van der Waals surface area contributed by atoms with E-state index in [2.05, 4.69) is 69.2 Å². The first-order valence-corrected chi connectivity index (χ1v) is 14.8. The van der Waals surface area contributed by atoms with E-state index in [1.165, 1.54) is 100 Å². The number of hydrogen-bond donors (Lipinski definition) is 1. The van der Waals surface area contributed by atoms with Crippen molar-refractivity contribution >= 4 is 28.3 Å². The van der Waals surface area contributed by atoms with Crippen molar-refractivity contribution < 1.29 is 0 Å². The zero-order valence-electron chi connectivity index (χ0n) is 22.0. The van der Waals surface area contributed by atoms with Crippen LogP contribution in [-0.4, -0.2) is 52.1 Å². The van der Waals surface area contributed by atoms with Gasteiger partial charge in [-0.15, -0.1) is 11.3 Å². The number of hydrogen-bond acceptors (Lipinski definition) is 5. The van der Waals surface area contributed by atoms with E-state index in [9.17, 15) is 0 Å². The second kappa shape index (κ2) is 14.0. The molecular formula is C29H45N5S. The van der Waals surface area contributed by atoms with Gasteiger partial charge in [0, 0.05) is 18.0 Å². The van der Waals surface area contributed by atoms with Crippen LogP contribution in [0.5, 0.6) is 0 Å². The summed E-state index contributed by atoms with van der Waals surface area (Å²) in [6.07, 6.45) is 10.3. The zero-order valence-corrected chi connectivity index (χ0v) is 22.8. The molecule has 0 aliphatic carbocycles. The Morgan fingerprint density at radius 3 is 2.49 bits per heavy atom. The van der Waals surface area contributed by atoms with Crippen molar-refractivity contribution in [3.63, 3.8) is 0 Å². The number of nitrogens with zero attached hydrogens (tertiary/aromatic N) is 4. The Morgan fingerprint density at radius 1 is 0.971 bits per heavy atom. The van der Waals surface area contributed by atoms with Gasteiger partial charge in [-0.3, -0.25) is 4.90 Å². The molecule has 1 aliphatic rings. The molecule has 192 valence electrons. The molecule has 1 aliphatic heterocycles. The van der Waals surface area contributed by atoms with Crippen LogP contribution in [0.4, 0.5) is 5.95 Å². The predicted molar refractivity (Wildman–Crippen MR) is 151 cm³/mol. The highest BCUT2D eigenvalue weighted by Crippen LogP contribution is 2.24. The smallest absolute Gasteiger partial charge is 0.204 e. The lowest BCUT2D eigenvalue weighted by atomic mass is 10.1. The molecule has 0 radical (unpaired) electrons. The highest BCUT2D eigenvalue weighted by atomic mass is 32.1. The molecule has 3 heterocycles. The van der Waals surface area contributed by atoms with Crippen LogP contribution in [0, 0.1) is 0 Å². The van der Waals surface area contributed by atoms with Gasteiger partial charge in [-0.1, -0.05) is 45.2 Å². The van der Waals surface area contributed by atoms with Crippen molar-refractivity contribution in [1.29, 1.82) is 0 Å². The van der Waals surface area contributed by atoms with Crippen LogP contribution in [0.3, 0.4) is 0 Å². The molecule has 2 aromatic heterocycles. The molecule has 5 nitrogen and oxygen atoms in total. The number of nitrogens with one attached hydrogen (secondary N) is 1. The van der Waals surface area contributed by atoms with Gasteiger partial charge in [0.05, 0.1) is 17.6 Å². The molecule has 1 N–H and O–H groups in total. The Kier molecular flexibility index (Phi) is 10.5. The Labute approximate surface area is 216 Å². The topological polar surface area (TPSA) is 36.3 Å². The summed E-state index contributed by atoms with van der Waals surface area (Å²) >= 11 is 1.80. The molecule has 0 bridgehead atoms. The van der Waals surface area contributed by atoms with Gasteiger partial charge in [0.2, 0.25) is 5.95 Å². The second-order valence-corrected chi connectivity index (χ2v) is 11.1. The quantitative estimate of drug-likeness (QED) is 0.246. The van der Waals surface area contributed by atoms with E-state index in [1.54, 1.807) is 11.3 Å². The first kappa shape index (κ1) is 26.2. The van der Waals surface area contributed by atoms with Crippen LogP contribution in [0.2, 0.25) is 0 Å². The second-order valence-electron chi connectivity index (χ2n) is 10.1. The number of likely N-dealkylation sites (tertiary alicyclic amines) is 1. The van der Waals surface area contributed by atoms with E-state index in [1.807, 2.05) is 0 Å². The third kappa shape index (κ3) is 7.80. The van der Waals surface area contributed by atoms with E-state index >= 15 is 0 Å². The average Bonchev–Trinajstić information content (AvgIpc) is 3.53. The molecule has 1 aromatic carbocycles. The Balaban J connectivity index is 1.51. The lowest BCUT2D eigenvalue weighted by molar-refractivity contribution is 0.223. The lowest BCUT2D eigenvalue weighted by Gasteiger charge is -2.26. The fourth-order valence-corrected chi connectivity index (χ4v) is 5.78. The third-order valence-corrected chi connectivity index (χ3v) is 8.06. The standard InChI is InChI=1S/C29H45N5S/c1-3-5-15-33(16-6-4-2)24-25-13-14-27-28(22-25)34(20-11-19-32-17-8-7-9-18-32)29(31-27)30-23-26-12-10-21-35-26/h10,12-14,21-22H,3-9,11,15-20,23-24H2,1-2H3,(H,30,31). The number of rotatable bonds is 15. The molecule has 6 heteroatoms. The number of aromatic nitrogens is 2. The molecule has 4 rings (SSSR count). The van der Waals surface area contributed by atoms with Crippen molar-refractivity contribution in [2.75, 3.05) is 38.0 Å². The van der Waals surface area contributed by atoms with Crippen LogP contribution in [0.15, 0.2) is 35.7 Å². The van der Waals surface area contributed by atoms with Gasteiger partial charge in [0.25, 0.3) is 0 Å². The number of unbranched alkanes of at least 4 members (excludes halogenated alkanes) is 2. The summed E-state index contributed by atoms with van der Waals surface area (Å²) in [5.74, 6) is 1.01.